The van der Waals surface area contributed by atoms with E-state index >= 15 is 0 Å². The molecule has 2 aromatic carbocycles. The maximum Gasteiger partial charge on any atom is 0.232 e. The van der Waals surface area contributed by atoms with Crippen LogP contribution in [0.3, 0.4) is 0 Å². The lowest BCUT2D eigenvalue weighted by Crippen LogP contribution is -2.15. The second-order valence-corrected chi connectivity index (χ2v) is 8.25. The van der Waals surface area contributed by atoms with Crippen LogP contribution in [0.25, 0.3) is 28.4 Å². The Labute approximate surface area is 160 Å². The number of fused-ring (bicyclic) bond motifs is 1. The van der Waals surface area contributed by atoms with Gasteiger partial charge in [0.05, 0.1) is 24.1 Å². The topological polar surface area (TPSA) is 60.3 Å². The van der Waals surface area contributed by atoms with E-state index in [0.29, 0.717) is 12.1 Å². The molecular formula is C21H24N2O3S. The molecule has 6 heteroatoms. The third-order valence-electron chi connectivity index (χ3n) is 4.55. The summed E-state index contributed by atoms with van der Waals surface area (Å²) in [4.78, 5) is 0. The smallest absolute Gasteiger partial charge is 0.232 e. The molecule has 0 bridgehead atoms. The highest BCUT2D eigenvalue weighted by atomic mass is 32.2. The Hall–Kier alpha value is -2.73. The van der Waals surface area contributed by atoms with Gasteiger partial charge in [-0.05, 0) is 48.7 Å². The third kappa shape index (κ3) is 3.71. The molecule has 0 aliphatic rings. The summed E-state index contributed by atoms with van der Waals surface area (Å²) in [5, 5.41) is 1.12. The summed E-state index contributed by atoms with van der Waals surface area (Å²) in [5.41, 5.74) is 4.72. The van der Waals surface area contributed by atoms with Gasteiger partial charge >= 0.3 is 0 Å². The second-order valence-electron chi connectivity index (χ2n) is 6.41. The lowest BCUT2D eigenvalue weighted by atomic mass is 10.1. The predicted octanol–water partition coefficient (Wildman–Crippen LogP) is 4.88. The Bertz CT molecular complexity index is 1080. The molecule has 0 radical (unpaired) electrons. The standard InChI is InChI=1S/C21H24N2O3S/c1-5-13-27(24,25)22-17-9-7-16(8-10-17)21-15(3)19-12-11-18(26-4)14-20(19)23(21)6-2/h6-12,14,22H,2,5,13H2,1,3-4H3. The highest BCUT2D eigenvalue weighted by molar-refractivity contribution is 7.92. The van der Waals surface area contributed by atoms with Crippen molar-refractivity contribution in [2.75, 3.05) is 17.6 Å². The van der Waals surface area contributed by atoms with Gasteiger partial charge < -0.3 is 9.30 Å². The summed E-state index contributed by atoms with van der Waals surface area (Å²) < 4.78 is 33.9. The largest absolute Gasteiger partial charge is 0.497 e. The van der Waals surface area contributed by atoms with Gasteiger partial charge in [-0.3, -0.25) is 4.72 Å². The number of hydrogen-bond donors (Lipinski definition) is 1. The molecule has 0 spiro atoms. The SMILES string of the molecule is C=Cn1c(-c2ccc(NS(=O)(=O)CCC)cc2)c(C)c2ccc(OC)cc21. The molecule has 1 N–H and O–H groups in total. The number of nitrogens with one attached hydrogen (secondary N) is 1. The molecular weight excluding hydrogens is 360 g/mol. The quantitative estimate of drug-likeness (QED) is 0.632. The van der Waals surface area contributed by atoms with Crippen LogP contribution in [0.5, 0.6) is 5.75 Å². The van der Waals surface area contributed by atoms with Crippen molar-refractivity contribution in [3.05, 3.63) is 54.6 Å². The summed E-state index contributed by atoms with van der Waals surface area (Å²) >= 11 is 0. The van der Waals surface area contributed by atoms with E-state index in [1.807, 2.05) is 41.8 Å². The number of nitrogens with zero attached hydrogens (tertiary/aromatic N) is 1. The van der Waals surface area contributed by atoms with Crippen molar-refractivity contribution in [1.29, 1.82) is 0 Å². The molecule has 3 rings (SSSR count). The minimum Gasteiger partial charge on any atom is -0.497 e. The van der Waals surface area contributed by atoms with E-state index in [2.05, 4.69) is 18.2 Å². The van der Waals surface area contributed by atoms with Crippen molar-refractivity contribution in [3.63, 3.8) is 0 Å². The highest BCUT2D eigenvalue weighted by Crippen LogP contribution is 2.35. The first kappa shape index (κ1) is 19.0. The van der Waals surface area contributed by atoms with Gasteiger partial charge in [-0.15, -0.1) is 0 Å². The third-order valence-corrected chi connectivity index (χ3v) is 6.04. The number of aryl methyl sites for hydroxylation is 1. The first-order chi connectivity index (χ1) is 12.9. The van der Waals surface area contributed by atoms with Crippen LogP contribution in [-0.2, 0) is 10.0 Å². The first-order valence-electron chi connectivity index (χ1n) is 8.82. The Balaban J connectivity index is 2.05. The van der Waals surface area contributed by atoms with E-state index in [4.69, 9.17) is 4.74 Å². The van der Waals surface area contributed by atoms with E-state index in [1.54, 1.807) is 25.4 Å². The predicted molar refractivity (Wildman–Crippen MR) is 113 cm³/mol. The minimum atomic E-state index is -3.30. The molecule has 1 heterocycles. The minimum absolute atomic E-state index is 0.112. The second kappa shape index (κ2) is 7.48. The molecule has 0 amide bonds. The highest BCUT2D eigenvalue weighted by Gasteiger charge is 2.15. The summed E-state index contributed by atoms with van der Waals surface area (Å²) in [7, 11) is -1.65. The van der Waals surface area contributed by atoms with Crippen LogP contribution >= 0.6 is 0 Å². The zero-order valence-corrected chi connectivity index (χ0v) is 16.6. The molecule has 0 aliphatic carbocycles. The monoisotopic (exact) mass is 384 g/mol. The van der Waals surface area contributed by atoms with Gasteiger partial charge in [0.15, 0.2) is 0 Å². The van der Waals surface area contributed by atoms with Gasteiger partial charge in [0.2, 0.25) is 10.0 Å². The Morgan fingerprint density at radius 1 is 1.19 bits per heavy atom. The number of aromatic nitrogens is 1. The Morgan fingerprint density at radius 3 is 2.48 bits per heavy atom. The van der Waals surface area contributed by atoms with Crippen LogP contribution in [-0.4, -0.2) is 25.8 Å². The summed E-state index contributed by atoms with van der Waals surface area (Å²) in [6.07, 6.45) is 2.36. The van der Waals surface area contributed by atoms with Crippen molar-refractivity contribution in [2.45, 2.75) is 20.3 Å². The maximum atomic E-state index is 11.9. The van der Waals surface area contributed by atoms with Gasteiger partial charge in [0, 0.05) is 23.3 Å². The van der Waals surface area contributed by atoms with Gasteiger partial charge in [0.25, 0.3) is 0 Å². The molecule has 3 aromatic rings. The van der Waals surface area contributed by atoms with Crippen LogP contribution in [0, 0.1) is 6.92 Å². The molecule has 0 atom stereocenters. The van der Waals surface area contributed by atoms with Crippen molar-refractivity contribution >= 4 is 32.8 Å². The van der Waals surface area contributed by atoms with Gasteiger partial charge in [-0.1, -0.05) is 25.6 Å². The molecule has 5 nitrogen and oxygen atoms in total. The molecule has 1 aromatic heterocycles. The average Bonchev–Trinajstić information content (AvgIpc) is 2.93. The van der Waals surface area contributed by atoms with Gasteiger partial charge in [-0.2, -0.15) is 0 Å². The fourth-order valence-electron chi connectivity index (χ4n) is 3.32. The number of rotatable bonds is 7. The molecule has 0 aliphatic heterocycles. The molecule has 27 heavy (non-hydrogen) atoms. The average molecular weight is 385 g/mol. The number of methoxy groups -OCH3 is 1. The molecule has 142 valence electrons. The van der Waals surface area contributed by atoms with E-state index in [-0.39, 0.29) is 5.75 Å². The van der Waals surface area contributed by atoms with Gasteiger partial charge in [-0.25, -0.2) is 8.42 Å². The Morgan fingerprint density at radius 2 is 1.89 bits per heavy atom. The number of anilines is 1. The van der Waals surface area contributed by atoms with E-state index < -0.39 is 10.0 Å². The summed E-state index contributed by atoms with van der Waals surface area (Å²) in [5.74, 6) is 0.899. The lowest BCUT2D eigenvalue weighted by Gasteiger charge is -2.10. The van der Waals surface area contributed by atoms with Crippen LogP contribution in [0.15, 0.2) is 49.0 Å². The van der Waals surface area contributed by atoms with E-state index in [0.717, 1.165) is 33.5 Å². The number of sulfonamides is 1. The molecule has 0 saturated heterocycles. The maximum absolute atomic E-state index is 11.9. The van der Waals surface area contributed by atoms with Crippen molar-refractivity contribution in [2.24, 2.45) is 0 Å². The van der Waals surface area contributed by atoms with E-state index in [1.165, 1.54) is 0 Å². The fraction of sp³-hybridized carbons (Fsp3) is 0.238. The van der Waals surface area contributed by atoms with Crippen molar-refractivity contribution < 1.29 is 13.2 Å². The molecule has 0 saturated carbocycles. The van der Waals surface area contributed by atoms with Crippen LogP contribution in [0.2, 0.25) is 0 Å². The van der Waals surface area contributed by atoms with Crippen molar-refractivity contribution in [1.82, 2.24) is 4.57 Å². The molecule has 0 unspecified atom stereocenters. The Kier molecular flexibility index (Phi) is 5.28. The van der Waals surface area contributed by atoms with Crippen LogP contribution in [0.4, 0.5) is 5.69 Å². The number of hydrogen-bond acceptors (Lipinski definition) is 3. The fourth-order valence-corrected chi connectivity index (χ4v) is 4.46. The summed E-state index contributed by atoms with van der Waals surface area (Å²) in [6, 6.07) is 13.4. The lowest BCUT2D eigenvalue weighted by molar-refractivity contribution is 0.415. The first-order valence-corrected chi connectivity index (χ1v) is 10.5. The zero-order valence-electron chi connectivity index (χ0n) is 15.8. The number of benzene rings is 2. The molecule has 0 fully saturated rings. The van der Waals surface area contributed by atoms with Gasteiger partial charge in [0.1, 0.15) is 5.75 Å². The number of ether oxygens (including phenoxy) is 1. The van der Waals surface area contributed by atoms with E-state index in [9.17, 15) is 8.42 Å². The van der Waals surface area contributed by atoms with Crippen LogP contribution in [0.1, 0.15) is 18.9 Å². The summed E-state index contributed by atoms with van der Waals surface area (Å²) in [6.45, 7) is 7.87. The van der Waals surface area contributed by atoms with Crippen molar-refractivity contribution in [3.8, 4) is 17.0 Å². The van der Waals surface area contributed by atoms with Crippen LogP contribution < -0.4 is 9.46 Å². The normalized spacial score (nSPS) is 11.5. The zero-order chi connectivity index (χ0) is 19.6.